The van der Waals surface area contributed by atoms with Crippen LogP contribution in [0.25, 0.3) is 0 Å². The molecule has 17 heavy (non-hydrogen) atoms. The van der Waals surface area contributed by atoms with Crippen molar-refractivity contribution in [3.8, 4) is 0 Å². The highest BCUT2D eigenvalue weighted by Crippen LogP contribution is 2.30. The SMILES string of the molecule is COCCOC1C(O)CC1OCC1CCCC1. The number of hydrogen-bond acceptors (Lipinski definition) is 4. The molecule has 0 aromatic carbocycles. The van der Waals surface area contributed by atoms with Crippen LogP contribution in [0.2, 0.25) is 0 Å². The van der Waals surface area contributed by atoms with Crippen LogP contribution in [0.1, 0.15) is 32.1 Å². The van der Waals surface area contributed by atoms with Gasteiger partial charge in [0.25, 0.3) is 0 Å². The van der Waals surface area contributed by atoms with E-state index in [1.807, 2.05) is 0 Å². The molecule has 0 saturated heterocycles. The molecule has 2 fully saturated rings. The summed E-state index contributed by atoms with van der Waals surface area (Å²) in [7, 11) is 1.65. The topological polar surface area (TPSA) is 47.9 Å². The summed E-state index contributed by atoms with van der Waals surface area (Å²) in [5.74, 6) is 0.729. The number of aliphatic hydroxyl groups is 1. The third-order valence-corrected chi connectivity index (χ3v) is 3.84. The molecule has 2 aliphatic carbocycles. The normalized spacial score (nSPS) is 33.9. The van der Waals surface area contributed by atoms with Crippen molar-refractivity contribution >= 4 is 0 Å². The maximum atomic E-state index is 9.62. The number of aliphatic hydroxyl groups excluding tert-OH is 1. The zero-order valence-electron chi connectivity index (χ0n) is 10.6. The second kappa shape index (κ2) is 6.69. The van der Waals surface area contributed by atoms with Crippen LogP contribution in [0.3, 0.4) is 0 Å². The van der Waals surface area contributed by atoms with Gasteiger partial charge in [-0.2, -0.15) is 0 Å². The molecule has 0 bridgehead atoms. The minimum atomic E-state index is -0.361. The summed E-state index contributed by atoms with van der Waals surface area (Å²) in [5, 5.41) is 9.62. The Hall–Kier alpha value is -0.160. The van der Waals surface area contributed by atoms with Crippen molar-refractivity contribution < 1.29 is 19.3 Å². The van der Waals surface area contributed by atoms with Gasteiger partial charge in [0.2, 0.25) is 0 Å². The fourth-order valence-electron chi connectivity index (χ4n) is 2.64. The number of ether oxygens (including phenoxy) is 3. The fourth-order valence-corrected chi connectivity index (χ4v) is 2.64. The van der Waals surface area contributed by atoms with Gasteiger partial charge in [-0.25, -0.2) is 0 Å². The van der Waals surface area contributed by atoms with E-state index in [1.54, 1.807) is 7.11 Å². The van der Waals surface area contributed by atoms with E-state index in [2.05, 4.69) is 0 Å². The second-order valence-electron chi connectivity index (χ2n) is 5.15. The molecule has 0 heterocycles. The summed E-state index contributed by atoms with van der Waals surface area (Å²) in [6.45, 7) is 1.93. The van der Waals surface area contributed by atoms with Gasteiger partial charge in [-0.1, -0.05) is 12.8 Å². The van der Waals surface area contributed by atoms with E-state index in [0.29, 0.717) is 19.6 Å². The highest BCUT2D eigenvalue weighted by molar-refractivity contribution is 4.92. The standard InChI is InChI=1S/C13H24O4/c1-15-6-7-16-13-11(14)8-12(13)17-9-10-4-2-3-5-10/h10-14H,2-9H2,1H3. The maximum Gasteiger partial charge on any atom is 0.110 e. The third-order valence-electron chi connectivity index (χ3n) is 3.84. The Morgan fingerprint density at radius 1 is 1.12 bits per heavy atom. The highest BCUT2D eigenvalue weighted by atomic mass is 16.6. The van der Waals surface area contributed by atoms with Gasteiger partial charge in [0.1, 0.15) is 6.10 Å². The number of hydrogen-bond donors (Lipinski definition) is 1. The molecular weight excluding hydrogens is 220 g/mol. The lowest BCUT2D eigenvalue weighted by Gasteiger charge is -2.41. The molecule has 2 saturated carbocycles. The Labute approximate surface area is 103 Å². The average molecular weight is 244 g/mol. The van der Waals surface area contributed by atoms with E-state index in [4.69, 9.17) is 14.2 Å². The van der Waals surface area contributed by atoms with Crippen molar-refractivity contribution in [3.05, 3.63) is 0 Å². The Kier molecular flexibility index (Phi) is 5.22. The predicted octanol–water partition coefficient (Wildman–Crippen LogP) is 1.36. The van der Waals surface area contributed by atoms with Crippen molar-refractivity contribution in [2.45, 2.75) is 50.4 Å². The van der Waals surface area contributed by atoms with Gasteiger partial charge in [-0.05, 0) is 18.8 Å². The maximum absolute atomic E-state index is 9.62. The molecule has 100 valence electrons. The molecule has 3 unspecified atom stereocenters. The van der Waals surface area contributed by atoms with Crippen LogP contribution in [-0.2, 0) is 14.2 Å². The van der Waals surface area contributed by atoms with Gasteiger partial charge in [-0.3, -0.25) is 0 Å². The molecular formula is C13H24O4. The van der Waals surface area contributed by atoms with Gasteiger partial charge in [0.05, 0.1) is 25.4 Å². The molecule has 1 N–H and O–H groups in total. The largest absolute Gasteiger partial charge is 0.390 e. The molecule has 0 aromatic heterocycles. The van der Waals surface area contributed by atoms with E-state index in [-0.39, 0.29) is 18.3 Å². The lowest BCUT2D eigenvalue weighted by Crippen LogP contribution is -2.54. The van der Waals surface area contributed by atoms with E-state index in [0.717, 1.165) is 12.5 Å². The molecule has 4 heteroatoms. The van der Waals surface area contributed by atoms with Crippen molar-refractivity contribution in [2.75, 3.05) is 26.9 Å². The van der Waals surface area contributed by atoms with Crippen LogP contribution < -0.4 is 0 Å². The zero-order chi connectivity index (χ0) is 12.1. The van der Waals surface area contributed by atoms with Crippen LogP contribution in [0.4, 0.5) is 0 Å². The van der Waals surface area contributed by atoms with Crippen molar-refractivity contribution in [3.63, 3.8) is 0 Å². The molecule has 0 aliphatic heterocycles. The second-order valence-corrected chi connectivity index (χ2v) is 5.15. The average Bonchev–Trinajstić information content (AvgIpc) is 2.83. The molecule has 0 amide bonds. The lowest BCUT2D eigenvalue weighted by atomic mass is 9.88. The summed E-state index contributed by atoms with van der Waals surface area (Å²) < 4.78 is 16.3. The van der Waals surface area contributed by atoms with Crippen molar-refractivity contribution in [1.29, 1.82) is 0 Å². The zero-order valence-corrected chi connectivity index (χ0v) is 10.6. The van der Waals surface area contributed by atoms with Gasteiger partial charge < -0.3 is 19.3 Å². The summed E-state index contributed by atoms with van der Waals surface area (Å²) in [6.07, 6.45) is 5.57. The summed E-state index contributed by atoms with van der Waals surface area (Å²) in [4.78, 5) is 0. The first-order valence-corrected chi connectivity index (χ1v) is 6.71. The fraction of sp³-hybridized carbons (Fsp3) is 1.00. The van der Waals surface area contributed by atoms with E-state index < -0.39 is 0 Å². The predicted molar refractivity (Wildman–Crippen MR) is 63.9 cm³/mol. The Morgan fingerprint density at radius 2 is 1.88 bits per heavy atom. The molecule has 0 spiro atoms. The monoisotopic (exact) mass is 244 g/mol. The number of methoxy groups -OCH3 is 1. The van der Waals surface area contributed by atoms with Gasteiger partial charge in [0.15, 0.2) is 0 Å². The molecule has 0 radical (unpaired) electrons. The molecule has 4 nitrogen and oxygen atoms in total. The quantitative estimate of drug-likeness (QED) is 0.687. The third kappa shape index (κ3) is 3.65. The van der Waals surface area contributed by atoms with Crippen LogP contribution in [0, 0.1) is 5.92 Å². The van der Waals surface area contributed by atoms with Crippen LogP contribution in [0.15, 0.2) is 0 Å². The first-order chi connectivity index (χ1) is 8.31. The van der Waals surface area contributed by atoms with E-state index in [9.17, 15) is 5.11 Å². The van der Waals surface area contributed by atoms with Gasteiger partial charge >= 0.3 is 0 Å². The minimum absolute atomic E-state index is 0.0856. The Morgan fingerprint density at radius 3 is 2.53 bits per heavy atom. The Bertz CT molecular complexity index is 215. The number of rotatable bonds is 7. The van der Waals surface area contributed by atoms with Gasteiger partial charge in [-0.15, -0.1) is 0 Å². The van der Waals surface area contributed by atoms with E-state index >= 15 is 0 Å². The van der Waals surface area contributed by atoms with Crippen molar-refractivity contribution in [2.24, 2.45) is 5.92 Å². The van der Waals surface area contributed by atoms with Crippen LogP contribution in [-0.4, -0.2) is 50.3 Å². The first-order valence-electron chi connectivity index (χ1n) is 6.71. The van der Waals surface area contributed by atoms with Crippen LogP contribution in [0.5, 0.6) is 0 Å². The summed E-state index contributed by atoms with van der Waals surface area (Å²) in [6, 6.07) is 0. The molecule has 0 aromatic rings. The molecule has 2 aliphatic rings. The first kappa shape index (κ1) is 13.3. The molecule has 3 atom stereocenters. The highest BCUT2D eigenvalue weighted by Gasteiger charge is 2.42. The smallest absolute Gasteiger partial charge is 0.110 e. The lowest BCUT2D eigenvalue weighted by molar-refractivity contribution is -0.198. The minimum Gasteiger partial charge on any atom is -0.390 e. The molecule has 2 rings (SSSR count). The summed E-state index contributed by atoms with van der Waals surface area (Å²) in [5.41, 5.74) is 0. The van der Waals surface area contributed by atoms with E-state index in [1.165, 1.54) is 25.7 Å². The van der Waals surface area contributed by atoms with Crippen molar-refractivity contribution in [1.82, 2.24) is 0 Å². The van der Waals surface area contributed by atoms with Crippen LogP contribution >= 0.6 is 0 Å². The Balaban J connectivity index is 1.62. The summed E-state index contributed by atoms with van der Waals surface area (Å²) >= 11 is 0. The van der Waals surface area contributed by atoms with Gasteiger partial charge in [0, 0.05) is 20.1 Å².